The first-order chi connectivity index (χ1) is 7.09. The standard InChI is InChI=1S/C12H12ClNO/c1-8(15)6-9-4-3-5-10-11(13)7-14(2)12(9)10/h3-5,7H,6H2,1-2H3. The number of aryl methyl sites for hydroxylation is 1. The third-order valence-corrected chi connectivity index (χ3v) is 2.78. The van der Waals surface area contributed by atoms with E-state index in [4.69, 9.17) is 11.6 Å². The van der Waals surface area contributed by atoms with E-state index in [1.54, 1.807) is 6.92 Å². The van der Waals surface area contributed by atoms with Gasteiger partial charge in [0.15, 0.2) is 0 Å². The van der Waals surface area contributed by atoms with Crippen molar-refractivity contribution in [1.82, 2.24) is 4.57 Å². The maximum absolute atomic E-state index is 11.1. The zero-order valence-electron chi connectivity index (χ0n) is 8.75. The molecular formula is C12H12ClNO. The van der Waals surface area contributed by atoms with E-state index in [-0.39, 0.29) is 5.78 Å². The summed E-state index contributed by atoms with van der Waals surface area (Å²) >= 11 is 6.08. The zero-order valence-corrected chi connectivity index (χ0v) is 9.51. The third-order valence-electron chi connectivity index (χ3n) is 2.48. The van der Waals surface area contributed by atoms with Crippen LogP contribution in [0.15, 0.2) is 24.4 Å². The van der Waals surface area contributed by atoms with Gasteiger partial charge in [-0.3, -0.25) is 4.79 Å². The predicted molar refractivity (Wildman–Crippen MR) is 62.3 cm³/mol. The van der Waals surface area contributed by atoms with Crippen molar-refractivity contribution < 1.29 is 4.79 Å². The van der Waals surface area contributed by atoms with Crippen LogP contribution in [0.1, 0.15) is 12.5 Å². The molecule has 0 saturated heterocycles. The lowest BCUT2D eigenvalue weighted by Crippen LogP contribution is -1.99. The molecule has 1 heterocycles. The Morgan fingerprint density at radius 1 is 1.47 bits per heavy atom. The number of rotatable bonds is 2. The van der Waals surface area contributed by atoms with E-state index < -0.39 is 0 Å². The van der Waals surface area contributed by atoms with Crippen molar-refractivity contribution in [3.05, 3.63) is 35.0 Å². The molecule has 2 rings (SSSR count). The SMILES string of the molecule is CC(=O)Cc1cccc2c(Cl)cn(C)c12. The average Bonchev–Trinajstić information content (AvgIpc) is 2.43. The first kappa shape index (κ1) is 10.2. The van der Waals surface area contributed by atoms with Gasteiger partial charge >= 0.3 is 0 Å². The van der Waals surface area contributed by atoms with E-state index in [0.717, 1.165) is 21.5 Å². The first-order valence-electron chi connectivity index (χ1n) is 4.81. The summed E-state index contributed by atoms with van der Waals surface area (Å²) in [7, 11) is 1.94. The molecule has 2 nitrogen and oxygen atoms in total. The van der Waals surface area contributed by atoms with Gasteiger partial charge in [0.25, 0.3) is 0 Å². The molecule has 2 aromatic rings. The van der Waals surface area contributed by atoms with Crippen LogP contribution in [0.3, 0.4) is 0 Å². The fourth-order valence-electron chi connectivity index (χ4n) is 1.92. The van der Waals surface area contributed by atoms with Crippen molar-refractivity contribution in [2.24, 2.45) is 7.05 Å². The highest BCUT2D eigenvalue weighted by molar-refractivity contribution is 6.35. The van der Waals surface area contributed by atoms with Crippen molar-refractivity contribution in [1.29, 1.82) is 0 Å². The third kappa shape index (κ3) is 1.77. The molecule has 0 radical (unpaired) electrons. The predicted octanol–water partition coefficient (Wildman–Crippen LogP) is 2.96. The topological polar surface area (TPSA) is 22.0 Å². The van der Waals surface area contributed by atoms with Crippen LogP contribution in [0.4, 0.5) is 0 Å². The first-order valence-corrected chi connectivity index (χ1v) is 5.19. The Labute approximate surface area is 93.5 Å². The van der Waals surface area contributed by atoms with E-state index >= 15 is 0 Å². The molecule has 0 N–H and O–H groups in total. The summed E-state index contributed by atoms with van der Waals surface area (Å²) in [6.07, 6.45) is 2.33. The number of hydrogen-bond donors (Lipinski definition) is 0. The Bertz CT molecular complexity index is 528. The largest absolute Gasteiger partial charge is 0.349 e. The van der Waals surface area contributed by atoms with Crippen molar-refractivity contribution in [2.75, 3.05) is 0 Å². The van der Waals surface area contributed by atoms with Gasteiger partial charge in [0, 0.05) is 25.1 Å². The molecular weight excluding hydrogens is 210 g/mol. The summed E-state index contributed by atoms with van der Waals surface area (Å²) < 4.78 is 1.97. The molecule has 1 aromatic heterocycles. The molecule has 3 heteroatoms. The minimum atomic E-state index is 0.167. The van der Waals surface area contributed by atoms with E-state index in [2.05, 4.69) is 0 Å². The molecule has 0 spiro atoms. The summed E-state index contributed by atoms with van der Waals surface area (Å²) in [6.45, 7) is 1.60. The lowest BCUT2D eigenvalue weighted by Gasteiger charge is -2.03. The minimum Gasteiger partial charge on any atom is -0.349 e. The molecule has 0 unspecified atom stereocenters. The zero-order chi connectivity index (χ0) is 11.0. The summed E-state index contributed by atoms with van der Waals surface area (Å²) in [5.74, 6) is 0.167. The number of para-hydroxylation sites is 1. The van der Waals surface area contributed by atoms with Crippen LogP contribution >= 0.6 is 11.6 Å². The molecule has 78 valence electrons. The van der Waals surface area contributed by atoms with Crippen molar-refractivity contribution in [3.8, 4) is 0 Å². The van der Waals surface area contributed by atoms with Gasteiger partial charge in [0.2, 0.25) is 0 Å². The highest BCUT2D eigenvalue weighted by atomic mass is 35.5. The highest BCUT2D eigenvalue weighted by Crippen LogP contribution is 2.27. The number of carbonyl (C=O) groups is 1. The molecule has 1 aromatic carbocycles. The second kappa shape index (κ2) is 3.70. The van der Waals surface area contributed by atoms with Gasteiger partial charge in [-0.15, -0.1) is 0 Å². The van der Waals surface area contributed by atoms with Gasteiger partial charge < -0.3 is 4.57 Å². The molecule has 0 amide bonds. The number of fused-ring (bicyclic) bond motifs is 1. The Hall–Kier alpha value is -1.28. The summed E-state index contributed by atoms with van der Waals surface area (Å²) in [5, 5.41) is 1.75. The van der Waals surface area contributed by atoms with Gasteiger partial charge in [-0.05, 0) is 12.5 Å². The normalized spacial score (nSPS) is 10.9. The number of benzene rings is 1. The number of hydrogen-bond acceptors (Lipinski definition) is 1. The molecule has 0 aliphatic carbocycles. The van der Waals surface area contributed by atoms with Crippen LogP contribution in [0.25, 0.3) is 10.9 Å². The van der Waals surface area contributed by atoms with Gasteiger partial charge in [0.05, 0.1) is 10.5 Å². The van der Waals surface area contributed by atoms with Crippen molar-refractivity contribution in [2.45, 2.75) is 13.3 Å². The van der Waals surface area contributed by atoms with Crippen molar-refractivity contribution >= 4 is 28.3 Å². The molecule has 0 aliphatic rings. The van der Waals surface area contributed by atoms with Crippen LogP contribution in [-0.2, 0) is 18.3 Å². The van der Waals surface area contributed by atoms with Crippen LogP contribution in [0.2, 0.25) is 5.02 Å². The molecule has 0 fully saturated rings. The minimum absolute atomic E-state index is 0.167. The fourth-order valence-corrected chi connectivity index (χ4v) is 2.21. The van der Waals surface area contributed by atoms with E-state index in [1.807, 2.05) is 36.0 Å². The number of halogens is 1. The molecule has 0 bridgehead atoms. The van der Waals surface area contributed by atoms with Crippen LogP contribution in [0, 0.1) is 0 Å². The quantitative estimate of drug-likeness (QED) is 0.764. The molecule has 0 atom stereocenters. The van der Waals surface area contributed by atoms with Gasteiger partial charge in [-0.25, -0.2) is 0 Å². The lowest BCUT2D eigenvalue weighted by atomic mass is 10.1. The average molecular weight is 222 g/mol. The second-order valence-corrected chi connectivity index (χ2v) is 4.19. The van der Waals surface area contributed by atoms with Crippen molar-refractivity contribution in [3.63, 3.8) is 0 Å². The molecule has 0 aliphatic heterocycles. The Kier molecular flexibility index (Phi) is 2.53. The number of carbonyl (C=O) groups excluding carboxylic acids is 1. The summed E-state index contributed by atoms with van der Waals surface area (Å²) in [6, 6.07) is 5.88. The van der Waals surface area contributed by atoms with E-state index in [1.165, 1.54) is 0 Å². The summed E-state index contributed by atoms with van der Waals surface area (Å²) in [4.78, 5) is 11.1. The highest BCUT2D eigenvalue weighted by Gasteiger charge is 2.09. The Balaban J connectivity index is 2.69. The van der Waals surface area contributed by atoms with Gasteiger partial charge in [-0.1, -0.05) is 29.8 Å². The molecule has 15 heavy (non-hydrogen) atoms. The fraction of sp³-hybridized carbons (Fsp3) is 0.250. The Morgan fingerprint density at radius 3 is 2.87 bits per heavy atom. The smallest absolute Gasteiger partial charge is 0.134 e. The van der Waals surface area contributed by atoms with E-state index in [9.17, 15) is 4.79 Å². The van der Waals surface area contributed by atoms with E-state index in [0.29, 0.717) is 6.42 Å². The molecule has 0 saturated carbocycles. The monoisotopic (exact) mass is 221 g/mol. The van der Waals surface area contributed by atoms with Crippen LogP contribution < -0.4 is 0 Å². The lowest BCUT2D eigenvalue weighted by molar-refractivity contribution is -0.116. The number of nitrogens with zero attached hydrogens (tertiary/aromatic N) is 1. The number of aromatic nitrogens is 1. The second-order valence-electron chi connectivity index (χ2n) is 3.78. The maximum Gasteiger partial charge on any atom is 0.134 e. The van der Waals surface area contributed by atoms with Gasteiger partial charge in [-0.2, -0.15) is 0 Å². The summed E-state index contributed by atoms with van der Waals surface area (Å²) in [5.41, 5.74) is 2.09. The van der Waals surface area contributed by atoms with Crippen LogP contribution in [0.5, 0.6) is 0 Å². The Morgan fingerprint density at radius 2 is 2.20 bits per heavy atom. The van der Waals surface area contributed by atoms with Gasteiger partial charge in [0.1, 0.15) is 5.78 Å². The number of Topliss-reactive ketones (excluding diaryl/α,β-unsaturated/α-hetero) is 1. The number of ketones is 1. The maximum atomic E-state index is 11.1. The van der Waals surface area contributed by atoms with Crippen LogP contribution in [-0.4, -0.2) is 10.4 Å².